The fourth-order valence-electron chi connectivity index (χ4n) is 3.85. The number of morpholine rings is 1. The van der Waals surface area contributed by atoms with Crippen LogP contribution in [0.4, 0.5) is 10.2 Å². The molecule has 2 aliphatic heterocycles. The van der Waals surface area contributed by atoms with Crippen LogP contribution in [0.5, 0.6) is 0 Å². The van der Waals surface area contributed by atoms with Crippen LogP contribution in [0, 0.1) is 5.82 Å². The van der Waals surface area contributed by atoms with Gasteiger partial charge in [0.2, 0.25) is 0 Å². The highest BCUT2D eigenvalue weighted by molar-refractivity contribution is 6.36. The van der Waals surface area contributed by atoms with Crippen LogP contribution in [0.25, 0.3) is 5.57 Å². The van der Waals surface area contributed by atoms with Gasteiger partial charge < -0.3 is 20.8 Å². The molecule has 10 heteroatoms. The van der Waals surface area contributed by atoms with E-state index in [0.29, 0.717) is 25.3 Å². The Morgan fingerprint density at radius 2 is 2.06 bits per heavy atom. The summed E-state index contributed by atoms with van der Waals surface area (Å²) in [5.41, 5.74) is 8.31. The van der Waals surface area contributed by atoms with E-state index < -0.39 is 17.8 Å². The maximum absolute atomic E-state index is 13.9. The maximum Gasteiger partial charge on any atom is 0.255 e. The molecular weight excluding hydrogens is 468 g/mol. The summed E-state index contributed by atoms with van der Waals surface area (Å²) in [5.74, 6) is -0.970. The van der Waals surface area contributed by atoms with Crippen molar-refractivity contribution in [3.05, 3.63) is 75.3 Å². The van der Waals surface area contributed by atoms with Crippen molar-refractivity contribution in [2.75, 3.05) is 38.6 Å². The predicted octanol–water partition coefficient (Wildman–Crippen LogP) is 4.06. The van der Waals surface area contributed by atoms with Gasteiger partial charge >= 0.3 is 0 Å². The number of amides is 1. The molecule has 7 nitrogen and oxygen atoms in total. The van der Waals surface area contributed by atoms with Crippen LogP contribution < -0.4 is 11.1 Å². The molecule has 33 heavy (non-hydrogen) atoms. The summed E-state index contributed by atoms with van der Waals surface area (Å²) in [6, 6.07) is 3.65. The average Bonchev–Trinajstić information content (AvgIpc) is 2.82. The Kier molecular flexibility index (Phi) is 7.19. The highest BCUT2D eigenvalue weighted by Crippen LogP contribution is 2.32. The third-order valence-corrected chi connectivity index (χ3v) is 6.35. The largest absolute Gasteiger partial charge is 0.383 e. The number of ether oxygens (including phenoxy) is 1. The van der Waals surface area contributed by atoms with Gasteiger partial charge in [-0.2, -0.15) is 0 Å². The number of halogens is 3. The number of carbonyl (C=O) groups is 1. The Balaban J connectivity index is 1.53. The van der Waals surface area contributed by atoms with Gasteiger partial charge in [0.15, 0.2) is 0 Å². The van der Waals surface area contributed by atoms with E-state index in [1.54, 1.807) is 19.2 Å². The van der Waals surface area contributed by atoms with Gasteiger partial charge in [-0.3, -0.25) is 4.79 Å². The lowest BCUT2D eigenvalue weighted by Crippen LogP contribution is -2.47. The van der Waals surface area contributed by atoms with E-state index in [1.807, 2.05) is 18.4 Å². The molecule has 3 N–H and O–H groups in total. The number of nitrogen functional groups attached to an aromatic ring is 1. The van der Waals surface area contributed by atoms with E-state index in [1.165, 1.54) is 12.1 Å². The third-order valence-electron chi connectivity index (χ3n) is 5.63. The van der Waals surface area contributed by atoms with Crippen molar-refractivity contribution in [2.24, 2.45) is 0 Å². The fourth-order valence-corrected chi connectivity index (χ4v) is 4.55. The van der Waals surface area contributed by atoms with Crippen molar-refractivity contribution in [1.82, 2.24) is 20.3 Å². The molecule has 2 aromatic rings. The van der Waals surface area contributed by atoms with Gasteiger partial charge in [0, 0.05) is 36.1 Å². The molecule has 1 aromatic carbocycles. The summed E-state index contributed by atoms with van der Waals surface area (Å²) in [6.07, 6.45) is 7.61. The quantitative estimate of drug-likeness (QED) is 0.613. The number of anilines is 1. The first kappa shape index (κ1) is 23.5. The molecule has 2 aliphatic rings. The van der Waals surface area contributed by atoms with Crippen LogP contribution in [-0.2, 0) is 4.74 Å². The van der Waals surface area contributed by atoms with Crippen LogP contribution in [0.15, 0.2) is 42.7 Å². The second kappa shape index (κ2) is 10.1. The molecule has 1 saturated heterocycles. The lowest BCUT2D eigenvalue weighted by molar-refractivity contribution is -0.0568. The number of hydrogen-bond acceptors (Lipinski definition) is 6. The molecule has 1 fully saturated rings. The molecule has 0 aliphatic carbocycles. The smallest absolute Gasteiger partial charge is 0.255 e. The maximum atomic E-state index is 13.9. The summed E-state index contributed by atoms with van der Waals surface area (Å²) in [4.78, 5) is 17.3. The van der Waals surface area contributed by atoms with E-state index >= 15 is 0 Å². The zero-order chi connectivity index (χ0) is 23.5. The van der Waals surface area contributed by atoms with Gasteiger partial charge in [0.1, 0.15) is 11.6 Å². The molecule has 1 aromatic heterocycles. The van der Waals surface area contributed by atoms with Crippen LogP contribution in [-0.4, -0.2) is 53.8 Å². The fraction of sp³-hybridized carbons (Fsp3) is 0.304. The minimum absolute atomic E-state index is 0.0943. The SMILES string of the molecule is CC(NC(=O)c1cc(C2=CC=CN(N3CCOCC3)C2)cnc1N)c1c(Cl)ccc(F)c1Cl. The van der Waals surface area contributed by atoms with Gasteiger partial charge in [0.05, 0.1) is 36.4 Å². The Labute approximate surface area is 201 Å². The monoisotopic (exact) mass is 491 g/mol. The first-order valence-electron chi connectivity index (χ1n) is 10.5. The Morgan fingerprint density at radius 1 is 1.30 bits per heavy atom. The van der Waals surface area contributed by atoms with E-state index in [-0.39, 0.29) is 21.4 Å². The van der Waals surface area contributed by atoms with Crippen LogP contribution >= 0.6 is 23.2 Å². The lowest BCUT2D eigenvalue weighted by atomic mass is 10.0. The van der Waals surface area contributed by atoms with Crippen LogP contribution in [0.1, 0.15) is 34.5 Å². The van der Waals surface area contributed by atoms with Crippen molar-refractivity contribution in [2.45, 2.75) is 13.0 Å². The highest BCUT2D eigenvalue weighted by Gasteiger charge is 2.23. The standard InChI is InChI=1S/C23H24Cl2FN5O2/c1-14(20-18(24)4-5-19(26)21(20)25)29-23(32)17-11-16(12-28-22(17)27)15-3-2-6-31(13-15)30-7-9-33-10-8-30/h2-6,11-12,14H,7-10,13H2,1H3,(H2,27,28)(H,29,32). The Bertz CT molecular complexity index is 1120. The number of rotatable bonds is 5. The van der Waals surface area contributed by atoms with Gasteiger partial charge in [-0.1, -0.05) is 29.3 Å². The predicted molar refractivity (Wildman–Crippen MR) is 127 cm³/mol. The normalized spacial score (nSPS) is 17.6. The molecule has 0 saturated carbocycles. The van der Waals surface area contributed by atoms with E-state index in [4.69, 9.17) is 33.7 Å². The van der Waals surface area contributed by atoms with E-state index in [2.05, 4.69) is 20.3 Å². The number of carbonyl (C=O) groups excluding carboxylic acids is 1. The van der Waals surface area contributed by atoms with Gasteiger partial charge in [0.25, 0.3) is 5.91 Å². The van der Waals surface area contributed by atoms with Crippen molar-refractivity contribution < 1.29 is 13.9 Å². The number of nitrogens with zero attached hydrogens (tertiary/aromatic N) is 3. The first-order chi connectivity index (χ1) is 15.8. The summed E-state index contributed by atoms with van der Waals surface area (Å²) in [5, 5.41) is 7.28. The number of aromatic nitrogens is 1. The number of allylic oxidation sites excluding steroid dienone is 2. The summed E-state index contributed by atoms with van der Waals surface area (Å²) >= 11 is 12.3. The Hall–Kier alpha value is -2.65. The third kappa shape index (κ3) is 5.14. The van der Waals surface area contributed by atoms with Gasteiger partial charge in [-0.05, 0) is 42.3 Å². The Morgan fingerprint density at radius 3 is 2.82 bits per heavy atom. The zero-order valence-electron chi connectivity index (χ0n) is 18.0. The second-order valence-corrected chi connectivity index (χ2v) is 8.59. The molecule has 4 rings (SSSR count). The van der Waals surface area contributed by atoms with Gasteiger partial charge in [-0.15, -0.1) is 0 Å². The molecule has 1 atom stereocenters. The van der Waals surface area contributed by atoms with E-state index in [0.717, 1.165) is 24.2 Å². The van der Waals surface area contributed by atoms with Crippen molar-refractivity contribution in [3.63, 3.8) is 0 Å². The number of benzene rings is 1. The number of pyridine rings is 1. The molecule has 174 valence electrons. The average molecular weight is 492 g/mol. The summed E-state index contributed by atoms with van der Waals surface area (Å²) in [6.45, 7) is 5.31. The summed E-state index contributed by atoms with van der Waals surface area (Å²) in [7, 11) is 0. The molecular formula is C23H24Cl2FN5O2. The highest BCUT2D eigenvalue weighted by atomic mass is 35.5. The van der Waals surface area contributed by atoms with Crippen LogP contribution in [0.3, 0.4) is 0 Å². The number of nitrogens with two attached hydrogens (primary N) is 1. The van der Waals surface area contributed by atoms with Crippen molar-refractivity contribution >= 4 is 40.5 Å². The molecule has 3 heterocycles. The molecule has 1 unspecified atom stereocenters. The van der Waals surface area contributed by atoms with E-state index in [9.17, 15) is 9.18 Å². The molecule has 1 amide bonds. The van der Waals surface area contributed by atoms with Crippen molar-refractivity contribution in [3.8, 4) is 0 Å². The number of hydrazine groups is 1. The zero-order valence-corrected chi connectivity index (χ0v) is 19.5. The molecule has 0 radical (unpaired) electrons. The lowest BCUT2D eigenvalue weighted by Gasteiger charge is -2.38. The van der Waals surface area contributed by atoms with Crippen LogP contribution in [0.2, 0.25) is 10.0 Å². The molecule has 0 spiro atoms. The molecule has 0 bridgehead atoms. The minimum Gasteiger partial charge on any atom is -0.383 e. The van der Waals surface area contributed by atoms with Gasteiger partial charge in [-0.25, -0.2) is 14.4 Å². The minimum atomic E-state index is -0.648. The second-order valence-electron chi connectivity index (χ2n) is 7.81. The number of hydrogen-bond donors (Lipinski definition) is 2. The first-order valence-corrected chi connectivity index (χ1v) is 11.3. The summed E-state index contributed by atoms with van der Waals surface area (Å²) < 4.78 is 19.3. The van der Waals surface area contributed by atoms with Crippen molar-refractivity contribution in [1.29, 1.82) is 0 Å². The number of nitrogens with one attached hydrogen (secondary N) is 1. The topological polar surface area (TPSA) is 83.7 Å².